The van der Waals surface area contributed by atoms with E-state index in [0.717, 1.165) is 6.07 Å². The molecule has 1 aliphatic heterocycles. The molecule has 1 saturated heterocycles. The number of hydrogen-bond acceptors (Lipinski definition) is 7. The summed E-state index contributed by atoms with van der Waals surface area (Å²) >= 11 is 0. The maximum absolute atomic E-state index is 14.0. The number of amides is 1. The molecule has 1 fully saturated rings. The molecule has 8 nitrogen and oxygen atoms in total. The molecule has 1 aliphatic rings. The predicted octanol–water partition coefficient (Wildman–Crippen LogP) is 4.23. The zero-order valence-corrected chi connectivity index (χ0v) is 18.6. The van der Waals surface area contributed by atoms with Gasteiger partial charge in [0.25, 0.3) is 5.91 Å². The van der Waals surface area contributed by atoms with Crippen molar-refractivity contribution in [2.24, 2.45) is 0 Å². The van der Waals surface area contributed by atoms with Crippen molar-refractivity contribution in [1.29, 1.82) is 0 Å². The van der Waals surface area contributed by atoms with E-state index in [0.29, 0.717) is 43.5 Å². The number of benzene rings is 2. The molecule has 0 spiro atoms. The Hall–Kier alpha value is -4.09. The minimum atomic E-state index is -4.75. The number of ether oxygens (including phenoxy) is 2. The monoisotopic (exact) mass is 491 g/mol. The van der Waals surface area contributed by atoms with E-state index in [-0.39, 0.29) is 23.0 Å². The van der Waals surface area contributed by atoms with Gasteiger partial charge in [-0.15, -0.1) is 13.2 Å². The van der Waals surface area contributed by atoms with Crippen LogP contribution in [0.1, 0.15) is 10.4 Å². The summed E-state index contributed by atoms with van der Waals surface area (Å²) in [7, 11) is 1.36. The number of piperazine rings is 1. The Balaban J connectivity index is 1.36. The first-order valence-electron chi connectivity index (χ1n) is 10.5. The van der Waals surface area contributed by atoms with Gasteiger partial charge in [0.05, 0.1) is 7.11 Å². The zero-order chi connectivity index (χ0) is 25.0. The topological polar surface area (TPSA) is 79.8 Å². The third kappa shape index (κ3) is 6.08. The summed E-state index contributed by atoms with van der Waals surface area (Å²) < 4.78 is 59.6. The van der Waals surface area contributed by atoms with Gasteiger partial charge >= 0.3 is 6.36 Å². The lowest BCUT2D eigenvalue weighted by Gasteiger charge is -2.35. The van der Waals surface area contributed by atoms with Crippen LogP contribution in [0.15, 0.2) is 54.9 Å². The van der Waals surface area contributed by atoms with Gasteiger partial charge in [-0.1, -0.05) is 0 Å². The summed E-state index contributed by atoms with van der Waals surface area (Å²) in [6, 6.07) is 11.1. The van der Waals surface area contributed by atoms with Crippen LogP contribution in [-0.2, 0) is 0 Å². The van der Waals surface area contributed by atoms with Crippen LogP contribution in [0.5, 0.6) is 11.5 Å². The molecule has 0 aliphatic carbocycles. The standard InChI is InChI=1S/C23H21F4N5O3/c1-34-19-7-2-15(12-18(19)24)22(33)32-10-8-31(9-11-32)21-13-20(28-14-29-21)30-16-3-5-17(6-4-16)35-23(25,26)27/h2-7,12-14H,8-11H2,1H3,(H,28,29,30). The van der Waals surface area contributed by atoms with Crippen molar-refractivity contribution in [3.63, 3.8) is 0 Å². The summed E-state index contributed by atoms with van der Waals surface area (Å²) in [5.41, 5.74) is 0.767. The van der Waals surface area contributed by atoms with E-state index < -0.39 is 12.2 Å². The highest BCUT2D eigenvalue weighted by Crippen LogP contribution is 2.26. The second-order valence-electron chi connectivity index (χ2n) is 7.59. The smallest absolute Gasteiger partial charge is 0.494 e. The molecule has 4 rings (SSSR count). The summed E-state index contributed by atoms with van der Waals surface area (Å²) in [5, 5.41) is 3.01. The number of aromatic nitrogens is 2. The highest BCUT2D eigenvalue weighted by atomic mass is 19.4. The van der Waals surface area contributed by atoms with E-state index in [1.807, 2.05) is 4.90 Å². The highest BCUT2D eigenvalue weighted by molar-refractivity contribution is 5.94. The van der Waals surface area contributed by atoms with E-state index in [2.05, 4.69) is 20.0 Å². The van der Waals surface area contributed by atoms with E-state index >= 15 is 0 Å². The first-order valence-corrected chi connectivity index (χ1v) is 10.5. The van der Waals surface area contributed by atoms with Crippen molar-refractivity contribution in [2.45, 2.75) is 6.36 Å². The third-order valence-electron chi connectivity index (χ3n) is 5.30. The number of carbonyl (C=O) groups excluding carboxylic acids is 1. The fourth-order valence-corrected chi connectivity index (χ4v) is 3.60. The molecule has 2 heterocycles. The van der Waals surface area contributed by atoms with Crippen LogP contribution in [-0.4, -0.2) is 60.4 Å². The van der Waals surface area contributed by atoms with Gasteiger partial charge in [-0.25, -0.2) is 14.4 Å². The fraction of sp³-hybridized carbons (Fsp3) is 0.261. The lowest BCUT2D eigenvalue weighted by molar-refractivity contribution is -0.274. The van der Waals surface area contributed by atoms with Crippen molar-refractivity contribution in [1.82, 2.24) is 14.9 Å². The number of rotatable bonds is 6. The molecule has 0 atom stereocenters. The van der Waals surface area contributed by atoms with Crippen molar-refractivity contribution < 1.29 is 31.8 Å². The number of methoxy groups -OCH3 is 1. The van der Waals surface area contributed by atoms with Gasteiger partial charge in [-0.05, 0) is 42.5 Å². The van der Waals surface area contributed by atoms with E-state index in [1.165, 1.54) is 49.8 Å². The van der Waals surface area contributed by atoms with E-state index in [4.69, 9.17) is 4.74 Å². The summed E-state index contributed by atoms with van der Waals surface area (Å²) in [4.78, 5) is 24.8. The first-order chi connectivity index (χ1) is 16.7. The Morgan fingerprint density at radius 2 is 1.71 bits per heavy atom. The lowest BCUT2D eigenvalue weighted by Crippen LogP contribution is -2.49. The van der Waals surface area contributed by atoms with Gasteiger partial charge in [0.15, 0.2) is 11.6 Å². The van der Waals surface area contributed by atoms with Gasteiger partial charge in [-0.3, -0.25) is 4.79 Å². The van der Waals surface area contributed by atoms with Gasteiger partial charge < -0.3 is 24.6 Å². The molecule has 3 aromatic rings. The number of hydrogen-bond donors (Lipinski definition) is 1. The molecule has 35 heavy (non-hydrogen) atoms. The zero-order valence-electron chi connectivity index (χ0n) is 18.6. The SMILES string of the molecule is COc1ccc(C(=O)N2CCN(c3cc(Nc4ccc(OC(F)(F)F)cc4)ncn3)CC2)cc1F. The number of nitrogens with zero attached hydrogens (tertiary/aromatic N) is 4. The van der Waals surface area contributed by atoms with Crippen LogP contribution >= 0.6 is 0 Å². The van der Waals surface area contributed by atoms with Crippen LogP contribution < -0.4 is 19.7 Å². The van der Waals surface area contributed by atoms with Crippen LogP contribution in [0, 0.1) is 5.82 Å². The number of nitrogens with one attached hydrogen (secondary N) is 1. The van der Waals surface area contributed by atoms with Crippen molar-refractivity contribution in [3.05, 3.63) is 66.2 Å². The second kappa shape index (κ2) is 10.0. The minimum absolute atomic E-state index is 0.0742. The molecule has 1 N–H and O–H groups in total. The largest absolute Gasteiger partial charge is 0.573 e. The summed E-state index contributed by atoms with van der Waals surface area (Å²) in [6.07, 6.45) is -3.38. The Morgan fingerprint density at radius 3 is 2.34 bits per heavy atom. The number of anilines is 3. The number of carbonyl (C=O) groups is 1. The van der Waals surface area contributed by atoms with E-state index in [9.17, 15) is 22.4 Å². The average Bonchev–Trinajstić information content (AvgIpc) is 2.84. The second-order valence-corrected chi connectivity index (χ2v) is 7.59. The quantitative estimate of drug-likeness (QED) is 0.517. The Kier molecular flexibility index (Phi) is 6.90. The van der Waals surface area contributed by atoms with Gasteiger partial charge in [0, 0.05) is 43.5 Å². The lowest BCUT2D eigenvalue weighted by atomic mass is 10.1. The maximum Gasteiger partial charge on any atom is 0.573 e. The van der Waals surface area contributed by atoms with Crippen LogP contribution in [0.4, 0.5) is 34.9 Å². The summed E-state index contributed by atoms with van der Waals surface area (Å²) in [6.45, 7) is 1.84. The van der Waals surface area contributed by atoms with Crippen LogP contribution in [0.2, 0.25) is 0 Å². The predicted molar refractivity (Wildman–Crippen MR) is 120 cm³/mol. The van der Waals surface area contributed by atoms with Crippen molar-refractivity contribution in [2.75, 3.05) is 43.5 Å². The van der Waals surface area contributed by atoms with Crippen LogP contribution in [0.3, 0.4) is 0 Å². The molecule has 0 saturated carbocycles. The number of halogens is 4. The molecule has 184 valence electrons. The third-order valence-corrected chi connectivity index (χ3v) is 5.30. The molecule has 1 amide bonds. The minimum Gasteiger partial charge on any atom is -0.494 e. The van der Waals surface area contributed by atoms with Gasteiger partial charge in [0.2, 0.25) is 0 Å². The van der Waals surface area contributed by atoms with Gasteiger partial charge in [-0.2, -0.15) is 0 Å². The van der Waals surface area contributed by atoms with E-state index in [1.54, 1.807) is 11.0 Å². The number of alkyl halides is 3. The average molecular weight is 491 g/mol. The molecule has 12 heteroatoms. The normalized spacial score (nSPS) is 14.0. The summed E-state index contributed by atoms with van der Waals surface area (Å²) in [5.74, 6) is -0.0371. The molecule has 2 aromatic carbocycles. The molecule has 0 unspecified atom stereocenters. The van der Waals surface area contributed by atoms with Crippen molar-refractivity contribution in [3.8, 4) is 11.5 Å². The maximum atomic E-state index is 14.0. The van der Waals surface area contributed by atoms with Crippen molar-refractivity contribution >= 4 is 23.2 Å². The van der Waals surface area contributed by atoms with Gasteiger partial charge in [0.1, 0.15) is 23.7 Å². The molecule has 0 radical (unpaired) electrons. The molecule has 1 aromatic heterocycles. The molecular formula is C23H21F4N5O3. The molecule has 0 bridgehead atoms. The fourth-order valence-electron chi connectivity index (χ4n) is 3.60. The Labute approximate surface area is 198 Å². The Bertz CT molecular complexity index is 1180. The molecular weight excluding hydrogens is 470 g/mol. The van der Waals surface area contributed by atoms with Crippen LogP contribution in [0.25, 0.3) is 0 Å². The highest BCUT2D eigenvalue weighted by Gasteiger charge is 2.31. The first kappa shape index (κ1) is 24.0. The Morgan fingerprint density at radius 1 is 1.00 bits per heavy atom.